The minimum Gasteiger partial charge on any atom is -0.496 e. The molecule has 0 aliphatic carbocycles. The fraction of sp³-hybridized carbons (Fsp3) is 0.263. The average molecular weight is 305 g/mol. The van der Waals surface area contributed by atoms with Crippen LogP contribution in [0.5, 0.6) is 5.75 Å². The van der Waals surface area contributed by atoms with Gasteiger partial charge in [0.2, 0.25) is 0 Å². The fourth-order valence-corrected chi connectivity index (χ4v) is 3.00. The van der Waals surface area contributed by atoms with Crippen molar-refractivity contribution >= 4 is 11.0 Å². The number of fused-ring (bicyclic) bond motifs is 1. The highest BCUT2D eigenvalue weighted by Crippen LogP contribution is 2.32. The molecule has 0 saturated carbocycles. The molecule has 0 N–H and O–H groups in total. The van der Waals surface area contributed by atoms with Gasteiger partial charge in [-0.05, 0) is 51.0 Å². The van der Waals surface area contributed by atoms with Crippen LogP contribution in [0.2, 0.25) is 0 Å². The molecule has 0 amide bonds. The van der Waals surface area contributed by atoms with E-state index < -0.39 is 0 Å². The first-order chi connectivity index (χ1) is 11.0. The van der Waals surface area contributed by atoms with Crippen molar-refractivity contribution in [2.75, 3.05) is 7.11 Å². The lowest BCUT2D eigenvalue weighted by atomic mass is 10.1. The van der Waals surface area contributed by atoms with Crippen molar-refractivity contribution in [3.8, 4) is 17.5 Å². The van der Waals surface area contributed by atoms with Crippen LogP contribution in [0.15, 0.2) is 24.4 Å². The molecule has 0 aliphatic heterocycles. The van der Waals surface area contributed by atoms with E-state index in [9.17, 15) is 5.26 Å². The minimum atomic E-state index is 0.636. The zero-order chi connectivity index (χ0) is 16.7. The van der Waals surface area contributed by atoms with E-state index >= 15 is 0 Å². The van der Waals surface area contributed by atoms with Gasteiger partial charge in [0.05, 0.1) is 18.4 Å². The van der Waals surface area contributed by atoms with Gasteiger partial charge in [-0.15, -0.1) is 0 Å². The molecule has 3 rings (SSSR count). The quantitative estimate of drug-likeness (QED) is 0.715. The largest absolute Gasteiger partial charge is 0.496 e. The maximum atomic E-state index is 9.48. The molecule has 4 heteroatoms. The van der Waals surface area contributed by atoms with Gasteiger partial charge in [-0.25, -0.2) is 4.98 Å². The highest BCUT2D eigenvalue weighted by atomic mass is 16.5. The van der Waals surface area contributed by atoms with E-state index in [4.69, 9.17) is 9.72 Å². The van der Waals surface area contributed by atoms with Gasteiger partial charge in [-0.1, -0.05) is 6.07 Å². The van der Waals surface area contributed by atoms with Crippen molar-refractivity contribution in [3.63, 3.8) is 0 Å². The lowest BCUT2D eigenvalue weighted by molar-refractivity contribution is 0.411. The summed E-state index contributed by atoms with van der Waals surface area (Å²) in [7, 11) is 1.67. The van der Waals surface area contributed by atoms with Gasteiger partial charge in [-0.3, -0.25) is 4.57 Å². The molecule has 0 radical (unpaired) electrons. The molecule has 2 aromatic heterocycles. The van der Waals surface area contributed by atoms with Crippen LogP contribution in [0.3, 0.4) is 0 Å². The summed E-state index contributed by atoms with van der Waals surface area (Å²) in [5, 5.41) is 10.4. The number of pyridine rings is 1. The first-order valence-electron chi connectivity index (χ1n) is 7.52. The standard InChI is InChI=1S/C19H19N3O/c1-11-6-7-17(23-5)13(3)18(11)22-10-15(9-20)16-8-12(2)14(4)21-19(16)22/h6-8,10H,1-5H3. The second-order valence-electron chi connectivity index (χ2n) is 5.84. The molecule has 0 unspecified atom stereocenters. The predicted molar refractivity (Wildman–Crippen MR) is 91.3 cm³/mol. The molecule has 4 nitrogen and oxygen atoms in total. The minimum absolute atomic E-state index is 0.636. The van der Waals surface area contributed by atoms with E-state index in [0.29, 0.717) is 5.56 Å². The summed E-state index contributed by atoms with van der Waals surface area (Å²) >= 11 is 0. The Morgan fingerprint density at radius 3 is 2.52 bits per heavy atom. The molecule has 0 fully saturated rings. The van der Waals surface area contributed by atoms with Crippen molar-refractivity contribution in [1.29, 1.82) is 5.26 Å². The van der Waals surface area contributed by atoms with Crippen LogP contribution < -0.4 is 4.74 Å². The van der Waals surface area contributed by atoms with Crippen LogP contribution in [-0.2, 0) is 0 Å². The Labute approximate surface area is 136 Å². The molecule has 3 aromatic rings. The maximum absolute atomic E-state index is 9.48. The van der Waals surface area contributed by atoms with Gasteiger partial charge in [-0.2, -0.15) is 5.26 Å². The van der Waals surface area contributed by atoms with E-state index in [1.54, 1.807) is 7.11 Å². The molecule has 1 aromatic carbocycles. The average Bonchev–Trinajstić information content (AvgIpc) is 2.86. The van der Waals surface area contributed by atoms with Crippen LogP contribution in [0.25, 0.3) is 16.7 Å². The third kappa shape index (κ3) is 2.25. The van der Waals surface area contributed by atoms with E-state index in [1.807, 2.05) is 49.7 Å². The van der Waals surface area contributed by atoms with Crippen LogP contribution in [0, 0.1) is 39.0 Å². The number of hydrogen-bond donors (Lipinski definition) is 0. The number of nitriles is 1. The number of benzene rings is 1. The lowest BCUT2D eigenvalue weighted by Crippen LogP contribution is -2.02. The van der Waals surface area contributed by atoms with Crippen LogP contribution in [0.1, 0.15) is 27.9 Å². The topological polar surface area (TPSA) is 50.8 Å². The summed E-state index contributed by atoms with van der Waals surface area (Å²) < 4.78 is 7.46. The summed E-state index contributed by atoms with van der Waals surface area (Å²) in [5.74, 6) is 0.829. The number of hydrogen-bond acceptors (Lipinski definition) is 3. The molecule has 0 atom stereocenters. The zero-order valence-corrected chi connectivity index (χ0v) is 14.1. The number of methoxy groups -OCH3 is 1. The van der Waals surface area contributed by atoms with Crippen molar-refractivity contribution in [3.05, 3.63) is 52.3 Å². The number of nitrogens with zero attached hydrogens (tertiary/aromatic N) is 3. The second-order valence-corrected chi connectivity index (χ2v) is 5.84. The zero-order valence-electron chi connectivity index (χ0n) is 14.1. The van der Waals surface area contributed by atoms with Gasteiger partial charge in [0, 0.05) is 22.8 Å². The Bertz CT molecular complexity index is 961. The smallest absolute Gasteiger partial charge is 0.146 e. The van der Waals surface area contributed by atoms with Crippen molar-refractivity contribution in [2.45, 2.75) is 27.7 Å². The molecule has 0 saturated heterocycles. The van der Waals surface area contributed by atoms with E-state index in [-0.39, 0.29) is 0 Å². The molecular weight excluding hydrogens is 286 g/mol. The second kappa shape index (κ2) is 5.44. The number of aromatic nitrogens is 2. The summed E-state index contributed by atoms with van der Waals surface area (Å²) in [6.45, 7) is 8.09. The third-order valence-electron chi connectivity index (χ3n) is 4.39. The third-order valence-corrected chi connectivity index (χ3v) is 4.39. The molecule has 23 heavy (non-hydrogen) atoms. The number of aryl methyl sites for hydroxylation is 3. The lowest BCUT2D eigenvalue weighted by Gasteiger charge is -2.15. The van der Waals surface area contributed by atoms with E-state index in [2.05, 4.69) is 13.0 Å². The van der Waals surface area contributed by atoms with Gasteiger partial charge < -0.3 is 4.74 Å². The molecule has 2 heterocycles. The summed E-state index contributed by atoms with van der Waals surface area (Å²) in [5.41, 5.74) is 6.68. The monoisotopic (exact) mass is 305 g/mol. The van der Waals surface area contributed by atoms with Gasteiger partial charge >= 0.3 is 0 Å². The summed E-state index contributed by atoms with van der Waals surface area (Å²) in [6, 6.07) is 8.32. The normalized spacial score (nSPS) is 10.8. The van der Waals surface area contributed by atoms with E-state index in [1.165, 1.54) is 0 Å². The molecule has 0 bridgehead atoms. The SMILES string of the molecule is COc1ccc(C)c(-n2cc(C#N)c3cc(C)c(C)nc32)c1C. The Hall–Kier alpha value is -2.80. The van der Waals surface area contributed by atoms with Crippen molar-refractivity contribution in [2.24, 2.45) is 0 Å². The van der Waals surface area contributed by atoms with Gasteiger partial charge in [0.1, 0.15) is 17.5 Å². The Kier molecular flexibility index (Phi) is 3.57. The molecule has 0 aliphatic rings. The summed E-state index contributed by atoms with van der Waals surface area (Å²) in [6.07, 6.45) is 1.87. The Morgan fingerprint density at radius 2 is 1.87 bits per heavy atom. The van der Waals surface area contributed by atoms with E-state index in [0.717, 1.165) is 44.9 Å². The first kappa shape index (κ1) is 15.1. The molecule has 0 spiro atoms. The highest BCUT2D eigenvalue weighted by molar-refractivity contribution is 5.86. The first-order valence-corrected chi connectivity index (χ1v) is 7.52. The van der Waals surface area contributed by atoms with Gasteiger partial charge in [0.25, 0.3) is 0 Å². The van der Waals surface area contributed by atoms with Crippen LogP contribution in [0.4, 0.5) is 0 Å². The van der Waals surface area contributed by atoms with Crippen LogP contribution >= 0.6 is 0 Å². The van der Waals surface area contributed by atoms with Gasteiger partial charge in [0.15, 0.2) is 0 Å². The molecule has 116 valence electrons. The predicted octanol–water partition coefficient (Wildman–Crippen LogP) is 4.14. The fourth-order valence-electron chi connectivity index (χ4n) is 3.00. The van der Waals surface area contributed by atoms with Crippen molar-refractivity contribution in [1.82, 2.24) is 9.55 Å². The van der Waals surface area contributed by atoms with Crippen LogP contribution in [-0.4, -0.2) is 16.7 Å². The summed E-state index contributed by atoms with van der Waals surface area (Å²) in [4.78, 5) is 4.73. The number of ether oxygens (including phenoxy) is 1. The number of rotatable bonds is 2. The van der Waals surface area contributed by atoms with Crippen molar-refractivity contribution < 1.29 is 4.74 Å². The Balaban J connectivity index is 2.43. The maximum Gasteiger partial charge on any atom is 0.146 e. The highest BCUT2D eigenvalue weighted by Gasteiger charge is 2.17. The Morgan fingerprint density at radius 1 is 1.13 bits per heavy atom. The molecular formula is C19H19N3O.